The third kappa shape index (κ3) is 4.18. The van der Waals surface area contributed by atoms with Gasteiger partial charge in [0.15, 0.2) is 6.29 Å². The van der Waals surface area contributed by atoms with Crippen molar-refractivity contribution in [3.05, 3.63) is 52.4 Å². The van der Waals surface area contributed by atoms with E-state index in [0.717, 1.165) is 4.88 Å². The molecule has 10 heteroatoms. The Kier molecular flexibility index (Phi) is 5.76. The van der Waals surface area contributed by atoms with Crippen molar-refractivity contribution in [1.29, 1.82) is 0 Å². The molecular weight excluding hydrogens is 426 g/mol. The van der Waals surface area contributed by atoms with E-state index in [4.69, 9.17) is 16.3 Å². The summed E-state index contributed by atoms with van der Waals surface area (Å²) in [5.74, 6) is 0.341. The lowest BCUT2D eigenvalue weighted by Gasteiger charge is -2.30. The molecule has 2 unspecified atom stereocenters. The molecule has 1 saturated heterocycles. The van der Waals surface area contributed by atoms with Crippen LogP contribution < -0.4 is 20.7 Å². The number of hydrogen-bond acceptors (Lipinski definition) is 6. The summed E-state index contributed by atoms with van der Waals surface area (Å²) in [4.78, 5) is 26.0. The van der Waals surface area contributed by atoms with Gasteiger partial charge in [0.1, 0.15) is 17.3 Å². The summed E-state index contributed by atoms with van der Waals surface area (Å²) in [6.07, 6.45) is -0.219. The Hall–Kier alpha value is -2.88. The first kappa shape index (κ1) is 20.4. The Balaban J connectivity index is 1.70. The summed E-state index contributed by atoms with van der Waals surface area (Å²) >= 11 is 7.60. The van der Waals surface area contributed by atoms with Crippen LogP contribution in [0, 0.1) is 0 Å². The van der Waals surface area contributed by atoms with Crippen molar-refractivity contribution in [2.24, 2.45) is 0 Å². The lowest BCUT2D eigenvalue weighted by Crippen LogP contribution is -2.52. The minimum absolute atomic E-state index is 0.0327. The molecule has 0 bridgehead atoms. The third-order valence-electron chi connectivity index (χ3n) is 4.63. The van der Waals surface area contributed by atoms with Crippen LogP contribution in [0.25, 0.3) is 10.6 Å². The molecule has 2 amide bonds. The standard InChI is InChI=1S/C20H20ClN5O3S/c1-11-8-18(27)24-20(22-11)26-17(10-14(25-26)16-4-3-7-30-16)23-19(28)13-9-12(21)5-6-15(13)29-2/h3-7,9-11,20,22H,8H2,1-2H3,(H,23,28)(H,24,27). The zero-order chi connectivity index (χ0) is 21.3. The SMILES string of the molecule is COc1ccc(Cl)cc1C(=O)Nc1cc(-c2cccs2)nn1C1NC(=O)CC(C)N1. The van der Waals surface area contributed by atoms with Gasteiger partial charge in [0.25, 0.3) is 5.91 Å². The van der Waals surface area contributed by atoms with Gasteiger partial charge in [-0.1, -0.05) is 17.7 Å². The number of carbonyl (C=O) groups excluding carboxylic acids is 2. The molecule has 2 atom stereocenters. The molecule has 3 N–H and O–H groups in total. The number of rotatable bonds is 5. The molecule has 30 heavy (non-hydrogen) atoms. The van der Waals surface area contributed by atoms with Crippen molar-refractivity contribution in [2.45, 2.75) is 25.7 Å². The van der Waals surface area contributed by atoms with Crippen LogP contribution in [-0.2, 0) is 4.79 Å². The van der Waals surface area contributed by atoms with Crippen molar-refractivity contribution < 1.29 is 14.3 Å². The number of amides is 2. The normalized spacial score (nSPS) is 18.7. The summed E-state index contributed by atoms with van der Waals surface area (Å²) < 4.78 is 6.86. The van der Waals surface area contributed by atoms with Crippen molar-refractivity contribution in [3.8, 4) is 16.3 Å². The maximum absolute atomic E-state index is 13.0. The van der Waals surface area contributed by atoms with E-state index >= 15 is 0 Å². The van der Waals surface area contributed by atoms with E-state index in [0.29, 0.717) is 34.3 Å². The van der Waals surface area contributed by atoms with Crippen LogP contribution in [-0.4, -0.2) is 34.7 Å². The van der Waals surface area contributed by atoms with E-state index in [1.807, 2.05) is 24.4 Å². The van der Waals surface area contributed by atoms with Gasteiger partial charge in [-0.2, -0.15) is 5.10 Å². The molecular formula is C20H20ClN5O3S. The number of ether oxygens (including phenoxy) is 1. The number of halogens is 1. The molecule has 0 aliphatic carbocycles. The first-order valence-corrected chi connectivity index (χ1v) is 10.5. The first-order valence-electron chi connectivity index (χ1n) is 9.28. The largest absolute Gasteiger partial charge is 0.496 e. The lowest BCUT2D eigenvalue weighted by molar-refractivity contribution is -0.125. The van der Waals surface area contributed by atoms with Gasteiger partial charge >= 0.3 is 0 Å². The highest BCUT2D eigenvalue weighted by atomic mass is 35.5. The number of methoxy groups -OCH3 is 1. The lowest BCUT2D eigenvalue weighted by atomic mass is 10.2. The van der Waals surface area contributed by atoms with Crippen LogP contribution in [0.1, 0.15) is 30.0 Å². The molecule has 1 fully saturated rings. The zero-order valence-corrected chi connectivity index (χ0v) is 17.9. The summed E-state index contributed by atoms with van der Waals surface area (Å²) in [6, 6.07) is 10.4. The second-order valence-electron chi connectivity index (χ2n) is 6.88. The van der Waals surface area contributed by atoms with Gasteiger partial charge < -0.3 is 15.4 Å². The number of nitrogens with one attached hydrogen (secondary N) is 3. The summed E-state index contributed by atoms with van der Waals surface area (Å²) in [6.45, 7) is 1.92. The maximum atomic E-state index is 13.0. The summed E-state index contributed by atoms with van der Waals surface area (Å²) in [5.41, 5.74) is 0.983. The number of carbonyl (C=O) groups is 2. The van der Waals surface area contributed by atoms with Gasteiger partial charge in [0, 0.05) is 23.6 Å². The highest BCUT2D eigenvalue weighted by molar-refractivity contribution is 7.13. The van der Waals surface area contributed by atoms with E-state index in [9.17, 15) is 9.59 Å². The molecule has 0 radical (unpaired) electrons. The minimum atomic E-state index is -0.591. The first-order chi connectivity index (χ1) is 14.4. The molecule has 3 aromatic rings. The third-order valence-corrected chi connectivity index (χ3v) is 5.76. The molecule has 1 aliphatic rings. The fourth-order valence-corrected chi connectivity index (χ4v) is 4.12. The minimum Gasteiger partial charge on any atom is -0.496 e. The summed E-state index contributed by atoms with van der Waals surface area (Å²) in [7, 11) is 1.49. The molecule has 8 nitrogen and oxygen atoms in total. The number of hydrogen-bond donors (Lipinski definition) is 3. The second-order valence-corrected chi connectivity index (χ2v) is 8.26. The Labute approximate surface area is 182 Å². The Bertz CT molecular complexity index is 1080. The fourth-order valence-electron chi connectivity index (χ4n) is 3.26. The maximum Gasteiger partial charge on any atom is 0.260 e. The molecule has 0 spiro atoms. The predicted molar refractivity (Wildman–Crippen MR) is 116 cm³/mol. The van der Waals surface area contributed by atoms with Crippen LogP contribution in [0.4, 0.5) is 5.82 Å². The molecule has 4 rings (SSSR count). The van der Waals surface area contributed by atoms with Gasteiger partial charge in [-0.05, 0) is 36.6 Å². The van der Waals surface area contributed by atoms with Gasteiger partial charge in [-0.15, -0.1) is 11.3 Å². The molecule has 1 aromatic carbocycles. The number of anilines is 1. The Morgan fingerprint density at radius 3 is 2.90 bits per heavy atom. The van der Waals surface area contributed by atoms with Crippen LogP contribution in [0.15, 0.2) is 41.8 Å². The Morgan fingerprint density at radius 2 is 2.20 bits per heavy atom. The van der Waals surface area contributed by atoms with Crippen LogP contribution in [0.5, 0.6) is 5.75 Å². The van der Waals surface area contributed by atoms with Crippen LogP contribution in [0.3, 0.4) is 0 Å². The van der Waals surface area contributed by atoms with Crippen molar-refractivity contribution in [2.75, 3.05) is 12.4 Å². The van der Waals surface area contributed by atoms with E-state index in [1.54, 1.807) is 28.9 Å². The summed E-state index contributed by atoms with van der Waals surface area (Å²) in [5, 5.41) is 16.0. The van der Waals surface area contributed by atoms with Gasteiger partial charge in [-0.25, -0.2) is 4.68 Å². The molecule has 3 heterocycles. The highest BCUT2D eigenvalue weighted by Crippen LogP contribution is 2.29. The molecule has 2 aromatic heterocycles. The fraction of sp³-hybridized carbons (Fsp3) is 0.250. The number of nitrogens with zero attached hydrogens (tertiary/aromatic N) is 2. The number of thiophene rings is 1. The van der Waals surface area contributed by atoms with E-state index in [2.05, 4.69) is 21.0 Å². The Morgan fingerprint density at radius 1 is 1.37 bits per heavy atom. The van der Waals surface area contributed by atoms with Gasteiger partial charge in [0.2, 0.25) is 5.91 Å². The van der Waals surface area contributed by atoms with Gasteiger partial charge in [-0.3, -0.25) is 14.9 Å². The smallest absolute Gasteiger partial charge is 0.260 e. The monoisotopic (exact) mass is 445 g/mol. The van der Waals surface area contributed by atoms with E-state index in [-0.39, 0.29) is 11.9 Å². The highest BCUT2D eigenvalue weighted by Gasteiger charge is 2.28. The van der Waals surface area contributed by atoms with E-state index < -0.39 is 12.2 Å². The van der Waals surface area contributed by atoms with Crippen molar-refractivity contribution >= 4 is 40.6 Å². The molecule has 0 saturated carbocycles. The van der Waals surface area contributed by atoms with Crippen LogP contribution >= 0.6 is 22.9 Å². The number of aromatic nitrogens is 2. The van der Waals surface area contributed by atoms with Crippen LogP contribution in [0.2, 0.25) is 5.02 Å². The van der Waals surface area contributed by atoms with Crippen molar-refractivity contribution in [3.63, 3.8) is 0 Å². The van der Waals surface area contributed by atoms with Gasteiger partial charge in [0.05, 0.1) is 17.6 Å². The van der Waals surface area contributed by atoms with E-state index in [1.165, 1.54) is 18.4 Å². The molecule has 156 valence electrons. The topological polar surface area (TPSA) is 97.3 Å². The average Bonchev–Trinajstić information content (AvgIpc) is 3.37. The molecule has 1 aliphatic heterocycles. The second kappa shape index (κ2) is 8.47. The zero-order valence-electron chi connectivity index (χ0n) is 16.3. The number of benzene rings is 1. The van der Waals surface area contributed by atoms with Crippen molar-refractivity contribution in [1.82, 2.24) is 20.4 Å². The predicted octanol–water partition coefficient (Wildman–Crippen LogP) is 3.48. The quantitative estimate of drug-likeness (QED) is 0.558. The average molecular weight is 446 g/mol.